The Labute approximate surface area is 182 Å². The molecule has 31 heavy (non-hydrogen) atoms. The monoisotopic (exact) mass is 423 g/mol. The van der Waals surface area contributed by atoms with Gasteiger partial charge >= 0.3 is 0 Å². The highest BCUT2D eigenvalue weighted by Gasteiger charge is 2.30. The number of morpholine rings is 1. The predicted molar refractivity (Wildman–Crippen MR) is 117 cm³/mol. The molecule has 0 saturated carbocycles. The average Bonchev–Trinajstić information content (AvgIpc) is 2.97. The Morgan fingerprint density at radius 1 is 1.00 bits per heavy atom. The summed E-state index contributed by atoms with van der Waals surface area (Å²) < 4.78 is 11.6. The van der Waals surface area contributed by atoms with Gasteiger partial charge in [0.1, 0.15) is 24.6 Å². The molecule has 164 valence electrons. The second-order valence-corrected chi connectivity index (χ2v) is 8.77. The van der Waals surface area contributed by atoms with Crippen LogP contribution >= 0.6 is 0 Å². The normalized spacial score (nSPS) is 22.5. The highest BCUT2D eigenvalue weighted by molar-refractivity contribution is 5.71. The summed E-state index contributed by atoms with van der Waals surface area (Å²) >= 11 is 0. The van der Waals surface area contributed by atoms with Crippen LogP contribution in [0.25, 0.3) is 0 Å². The van der Waals surface area contributed by atoms with E-state index in [0.717, 1.165) is 106 Å². The van der Waals surface area contributed by atoms with Gasteiger partial charge in [-0.15, -0.1) is 0 Å². The molecule has 6 rings (SSSR count). The molecule has 3 saturated heterocycles. The fraction of sp³-hybridized carbons (Fsp3) is 0.591. The van der Waals surface area contributed by atoms with Gasteiger partial charge in [0, 0.05) is 43.8 Å². The Morgan fingerprint density at radius 3 is 2.61 bits per heavy atom. The molecule has 0 aromatic carbocycles. The summed E-state index contributed by atoms with van der Waals surface area (Å²) in [6.07, 6.45) is 5.81. The average molecular weight is 424 g/mol. The molecule has 0 unspecified atom stereocenters. The number of rotatable bonds is 3. The van der Waals surface area contributed by atoms with Crippen LogP contribution in [0.3, 0.4) is 0 Å². The van der Waals surface area contributed by atoms with E-state index in [4.69, 9.17) is 14.5 Å². The van der Waals surface area contributed by atoms with Gasteiger partial charge in [0.05, 0.1) is 30.7 Å². The number of anilines is 3. The van der Waals surface area contributed by atoms with Gasteiger partial charge in [0.15, 0.2) is 5.75 Å². The van der Waals surface area contributed by atoms with Crippen LogP contribution in [0.1, 0.15) is 30.0 Å². The third-order valence-electron chi connectivity index (χ3n) is 6.97. The van der Waals surface area contributed by atoms with E-state index in [0.29, 0.717) is 12.5 Å². The van der Waals surface area contributed by atoms with Crippen molar-refractivity contribution in [1.29, 1.82) is 0 Å². The molecule has 2 N–H and O–H groups in total. The molecule has 0 bridgehead atoms. The molecule has 0 atom stereocenters. The molecule has 0 aliphatic carbocycles. The number of nitrogens with one attached hydrogen (secondary N) is 2. The van der Waals surface area contributed by atoms with Crippen molar-refractivity contribution in [3.05, 3.63) is 29.8 Å². The van der Waals surface area contributed by atoms with Crippen LogP contribution in [0.4, 0.5) is 17.3 Å². The Bertz CT molecular complexity index is 937. The highest BCUT2D eigenvalue weighted by Crippen LogP contribution is 2.38. The summed E-state index contributed by atoms with van der Waals surface area (Å²) in [4.78, 5) is 18.7. The van der Waals surface area contributed by atoms with Gasteiger partial charge in [-0.1, -0.05) is 0 Å². The van der Waals surface area contributed by atoms with E-state index in [1.165, 1.54) is 0 Å². The maximum absolute atomic E-state index is 6.14. The molecular weight excluding hydrogens is 394 g/mol. The summed E-state index contributed by atoms with van der Waals surface area (Å²) in [5, 5.41) is 6.89. The first-order chi connectivity index (χ1) is 15.3. The number of fused-ring (bicyclic) bond motifs is 2. The van der Waals surface area contributed by atoms with Crippen LogP contribution in [0.5, 0.6) is 5.75 Å². The summed E-state index contributed by atoms with van der Waals surface area (Å²) in [6.45, 7) is 8.10. The Balaban J connectivity index is 1.21. The maximum Gasteiger partial charge on any atom is 0.161 e. The molecule has 9 heteroatoms. The Kier molecular flexibility index (Phi) is 5.09. The molecule has 0 amide bonds. The van der Waals surface area contributed by atoms with Crippen LogP contribution in [-0.4, -0.2) is 78.4 Å². The van der Waals surface area contributed by atoms with E-state index in [9.17, 15) is 0 Å². The van der Waals surface area contributed by atoms with E-state index in [-0.39, 0.29) is 0 Å². The number of nitrogens with zero attached hydrogens (tertiary/aromatic N) is 5. The lowest BCUT2D eigenvalue weighted by Gasteiger charge is -2.42. The van der Waals surface area contributed by atoms with Gasteiger partial charge < -0.3 is 25.0 Å². The molecule has 0 spiro atoms. The third kappa shape index (κ3) is 3.71. The van der Waals surface area contributed by atoms with Crippen molar-refractivity contribution in [2.24, 2.45) is 0 Å². The van der Waals surface area contributed by atoms with E-state index in [1.54, 1.807) is 6.33 Å². The van der Waals surface area contributed by atoms with Crippen molar-refractivity contribution in [2.75, 3.05) is 62.7 Å². The predicted octanol–water partition coefficient (Wildman–Crippen LogP) is 1.50. The minimum absolute atomic E-state index is 0.428. The topological polar surface area (TPSA) is 87.7 Å². The number of pyridine rings is 1. The number of hydrogen-bond acceptors (Lipinski definition) is 9. The van der Waals surface area contributed by atoms with Gasteiger partial charge in [-0.2, -0.15) is 0 Å². The van der Waals surface area contributed by atoms with Gasteiger partial charge in [0.2, 0.25) is 0 Å². The lowest BCUT2D eigenvalue weighted by atomic mass is 9.91. The standard InChI is InChI=1S/C22H29N7O2/c1-3-28(16-10-23-11-16)4-2-15(1)18-9-19-20(12-24-18)31-13-17-21(27-19)25-14-26-22(17)29-5-7-30-8-6-29/h9,12,14-16,23H,1-8,10-11,13H2,(H,25,26,27). The van der Waals surface area contributed by atoms with E-state index < -0.39 is 0 Å². The van der Waals surface area contributed by atoms with Crippen molar-refractivity contribution in [3.63, 3.8) is 0 Å². The lowest BCUT2D eigenvalue weighted by Crippen LogP contribution is -2.58. The third-order valence-corrected chi connectivity index (χ3v) is 6.97. The first-order valence-electron chi connectivity index (χ1n) is 11.4. The van der Waals surface area contributed by atoms with Crippen LogP contribution in [0, 0.1) is 0 Å². The minimum atomic E-state index is 0.428. The smallest absolute Gasteiger partial charge is 0.161 e. The van der Waals surface area contributed by atoms with Crippen molar-refractivity contribution in [2.45, 2.75) is 31.4 Å². The second-order valence-electron chi connectivity index (χ2n) is 8.77. The summed E-state index contributed by atoms with van der Waals surface area (Å²) in [5.41, 5.74) is 3.08. The summed E-state index contributed by atoms with van der Waals surface area (Å²) in [7, 11) is 0. The molecule has 3 fully saturated rings. The number of aromatic nitrogens is 3. The summed E-state index contributed by atoms with van der Waals surface area (Å²) in [5.74, 6) is 3.01. The molecule has 9 nitrogen and oxygen atoms in total. The quantitative estimate of drug-likeness (QED) is 0.762. The first kappa shape index (κ1) is 19.2. The van der Waals surface area contributed by atoms with E-state index >= 15 is 0 Å². The first-order valence-corrected chi connectivity index (χ1v) is 11.4. The van der Waals surface area contributed by atoms with Crippen molar-refractivity contribution < 1.29 is 9.47 Å². The number of piperidine rings is 1. The van der Waals surface area contributed by atoms with E-state index in [2.05, 4.69) is 36.5 Å². The highest BCUT2D eigenvalue weighted by atomic mass is 16.5. The molecule has 2 aromatic heterocycles. The Hall–Kier alpha value is -2.49. The molecule has 6 heterocycles. The molecule has 0 radical (unpaired) electrons. The molecule has 4 aliphatic rings. The number of likely N-dealkylation sites (tertiary alicyclic amines) is 1. The van der Waals surface area contributed by atoms with Crippen molar-refractivity contribution in [1.82, 2.24) is 25.2 Å². The Morgan fingerprint density at radius 2 is 1.84 bits per heavy atom. The largest absolute Gasteiger partial charge is 0.485 e. The van der Waals surface area contributed by atoms with Crippen LogP contribution in [0.15, 0.2) is 18.6 Å². The van der Waals surface area contributed by atoms with Gasteiger partial charge in [0.25, 0.3) is 0 Å². The fourth-order valence-electron chi connectivity index (χ4n) is 4.96. The van der Waals surface area contributed by atoms with Crippen LogP contribution < -0.4 is 20.3 Å². The van der Waals surface area contributed by atoms with Gasteiger partial charge in [-0.3, -0.25) is 9.88 Å². The van der Waals surface area contributed by atoms with Crippen molar-refractivity contribution in [3.8, 4) is 5.75 Å². The van der Waals surface area contributed by atoms with Gasteiger partial charge in [-0.25, -0.2) is 9.97 Å². The van der Waals surface area contributed by atoms with Crippen LogP contribution in [-0.2, 0) is 11.3 Å². The van der Waals surface area contributed by atoms with Gasteiger partial charge in [-0.05, 0) is 32.0 Å². The zero-order chi connectivity index (χ0) is 20.6. The molecular formula is C22H29N7O2. The zero-order valence-electron chi connectivity index (χ0n) is 17.7. The zero-order valence-corrected chi connectivity index (χ0v) is 17.7. The number of hydrogen-bond donors (Lipinski definition) is 2. The van der Waals surface area contributed by atoms with Crippen molar-refractivity contribution >= 4 is 17.3 Å². The maximum atomic E-state index is 6.14. The molecule has 4 aliphatic heterocycles. The molecule has 2 aromatic rings. The second kappa shape index (κ2) is 8.22. The van der Waals surface area contributed by atoms with Crippen LogP contribution in [0.2, 0.25) is 0 Å². The SMILES string of the molecule is c1nc2c(c(N3CCOCC3)n1)COc1cnc(C3CCN(C4CNC4)CC3)cc1N2. The minimum Gasteiger partial charge on any atom is -0.485 e. The van der Waals surface area contributed by atoms with E-state index in [1.807, 2.05) is 6.20 Å². The fourth-order valence-corrected chi connectivity index (χ4v) is 4.96. The summed E-state index contributed by atoms with van der Waals surface area (Å²) in [6, 6.07) is 2.89. The lowest BCUT2D eigenvalue weighted by molar-refractivity contribution is 0.112. The number of ether oxygens (including phenoxy) is 2.